The van der Waals surface area contributed by atoms with Gasteiger partial charge in [-0.1, -0.05) is 0 Å². The molecule has 108 valence electrons. The lowest BCUT2D eigenvalue weighted by molar-refractivity contribution is 0.0511. The summed E-state index contributed by atoms with van der Waals surface area (Å²) in [7, 11) is 0. The summed E-state index contributed by atoms with van der Waals surface area (Å²) < 4.78 is 0. The number of nitrogens with one attached hydrogen (secondary N) is 2. The number of fused-ring (bicyclic) bond motifs is 1. The predicted molar refractivity (Wildman–Crippen MR) is 82.4 cm³/mol. The van der Waals surface area contributed by atoms with Gasteiger partial charge in [-0.05, 0) is 51.3 Å². The van der Waals surface area contributed by atoms with Crippen LogP contribution in [0.5, 0.6) is 0 Å². The first kappa shape index (κ1) is 13.3. The molecule has 2 heterocycles. The molecule has 0 aromatic heterocycles. The molecule has 1 aromatic rings. The van der Waals surface area contributed by atoms with Crippen LogP contribution in [0, 0.1) is 0 Å². The number of rotatable bonds is 1. The number of carbonyl (C=O) groups is 1. The third kappa shape index (κ3) is 2.35. The van der Waals surface area contributed by atoms with Crippen molar-refractivity contribution in [2.45, 2.75) is 45.2 Å². The van der Waals surface area contributed by atoms with Crippen molar-refractivity contribution < 1.29 is 4.79 Å². The second-order valence-corrected chi connectivity index (χ2v) is 5.96. The fraction of sp³-hybridized carbons (Fsp3) is 0.562. The van der Waals surface area contributed by atoms with Gasteiger partial charge in [-0.15, -0.1) is 0 Å². The van der Waals surface area contributed by atoms with Gasteiger partial charge in [-0.2, -0.15) is 0 Å². The van der Waals surface area contributed by atoms with Crippen LogP contribution in [0.1, 0.15) is 43.5 Å². The van der Waals surface area contributed by atoms with Crippen LogP contribution < -0.4 is 10.6 Å². The quantitative estimate of drug-likeness (QED) is 0.827. The lowest BCUT2D eigenvalue weighted by Gasteiger charge is -2.39. The number of hydrogen-bond donors (Lipinski definition) is 2. The third-order valence-electron chi connectivity index (χ3n) is 4.45. The molecule has 0 radical (unpaired) electrons. The minimum absolute atomic E-state index is 0.167. The highest BCUT2D eigenvalue weighted by Gasteiger charge is 2.29. The zero-order chi connectivity index (χ0) is 14.1. The van der Waals surface area contributed by atoms with Crippen LogP contribution in [0.2, 0.25) is 0 Å². The molecule has 3 rings (SSSR count). The number of nitrogens with zero attached hydrogens (tertiary/aromatic N) is 1. The molecule has 0 bridgehead atoms. The highest BCUT2D eigenvalue weighted by molar-refractivity contribution is 5.97. The maximum absolute atomic E-state index is 12.8. The first-order chi connectivity index (χ1) is 9.66. The van der Waals surface area contributed by atoms with Gasteiger partial charge >= 0.3 is 0 Å². The minimum Gasteiger partial charge on any atom is -0.382 e. The fourth-order valence-electron chi connectivity index (χ4n) is 3.34. The maximum atomic E-state index is 12.8. The number of benzene rings is 1. The fourth-order valence-corrected chi connectivity index (χ4v) is 3.34. The van der Waals surface area contributed by atoms with Gasteiger partial charge in [-0.25, -0.2) is 0 Å². The molecule has 1 saturated heterocycles. The molecule has 2 aliphatic rings. The molecule has 2 atom stereocenters. The highest BCUT2D eigenvalue weighted by Crippen LogP contribution is 2.29. The number of hydrogen-bond acceptors (Lipinski definition) is 3. The van der Waals surface area contributed by atoms with Crippen LogP contribution in [0.25, 0.3) is 0 Å². The largest absolute Gasteiger partial charge is 0.382 e. The molecule has 0 aliphatic carbocycles. The molecule has 20 heavy (non-hydrogen) atoms. The molecule has 0 saturated carbocycles. The molecular formula is C16H23N3O. The van der Waals surface area contributed by atoms with Gasteiger partial charge in [0, 0.05) is 30.7 Å². The smallest absolute Gasteiger partial charge is 0.254 e. The molecule has 4 heteroatoms. The molecule has 2 aliphatic heterocycles. The number of anilines is 2. The van der Waals surface area contributed by atoms with Crippen LogP contribution in [0.15, 0.2) is 18.2 Å². The van der Waals surface area contributed by atoms with E-state index in [2.05, 4.69) is 29.4 Å². The summed E-state index contributed by atoms with van der Waals surface area (Å²) >= 11 is 0. The summed E-state index contributed by atoms with van der Waals surface area (Å²) in [6, 6.07) is 6.61. The Bertz CT molecular complexity index is 504. The number of amides is 1. The first-order valence-electron chi connectivity index (χ1n) is 7.61. The lowest BCUT2D eigenvalue weighted by atomic mass is 9.96. The second kappa shape index (κ2) is 5.35. The van der Waals surface area contributed by atoms with E-state index < -0.39 is 0 Å². The Labute approximate surface area is 120 Å². The molecule has 1 aromatic carbocycles. The molecule has 2 N–H and O–H groups in total. The Morgan fingerprint density at radius 1 is 1.10 bits per heavy atom. The standard InChI is InChI=1S/C16H23N3O/c1-11-4-3-5-12(2)19(11)16(20)13-6-7-14-15(10-13)18-9-8-17-14/h6-7,10-12,17-18H,3-5,8-9H2,1-2H3/t11-,12+. The second-order valence-electron chi connectivity index (χ2n) is 5.96. The van der Waals surface area contributed by atoms with Crippen LogP contribution >= 0.6 is 0 Å². The zero-order valence-electron chi connectivity index (χ0n) is 12.3. The van der Waals surface area contributed by atoms with Crippen LogP contribution in [-0.2, 0) is 0 Å². The van der Waals surface area contributed by atoms with Crippen molar-refractivity contribution in [3.8, 4) is 0 Å². The Balaban J connectivity index is 1.86. The number of likely N-dealkylation sites (tertiary alicyclic amines) is 1. The maximum Gasteiger partial charge on any atom is 0.254 e. The van der Waals surface area contributed by atoms with E-state index in [9.17, 15) is 4.79 Å². The third-order valence-corrected chi connectivity index (χ3v) is 4.45. The first-order valence-corrected chi connectivity index (χ1v) is 7.61. The van der Waals surface area contributed by atoms with Crippen molar-refractivity contribution in [3.05, 3.63) is 23.8 Å². The van der Waals surface area contributed by atoms with Gasteiger partial charge in [0.15, 0.2) is 0 Å². The highest BCUT2D eigenvalue weighted by atomic mass is 16.2. The summed E-state index contributed by atoms with van der Waals surface area (Å²) in [4.78, 5) is 14.8. The number of piperidine rings is 1. The Hall–Kier alpha value is -1.71. The van der Waals surface area contributed by atoms with Crippen molar-refractivity contribution >= 4 is 17.3 Å². The van der Waals surface area contributed by atoms with Crippen molar-refractivity contribution in [1.29, 1.82) is 0 Å². The topological polar surface area (TPSA) is 44.4 Å². The van der Waals surface area contributed by atoms with E-state index in [1.807, 2.05) is 18.2 Å². The average molecular weight is 273 g/mol. The van der Waals surface area contributed by atoms with Gasteiger partial charge in [0.05, 0.1) is 11.4 Å². The Morgan fingerprint density at radius 3 is 2.45 bits per heavy atom. The summed E-state index contributed by atoms with van der Waals surface area (Å²) in [5.74, 6) is 0.167. The van der Waals surface area contributed by atoms with E-state index in [4.69, 9.17) is 0 Å². The summed E-state index contributed by atoms with van der Waals surface area (Å²) in [6.07, 6.45) is 3.45. The molecule has 1 amide bonds. The molecule has 0 spiro atoms. The molecule has 0 unspecified atom stereocenters. The summed E-state index contributed by atoms with van der Waals surface area (Å²) in [5, 5.41) is 6.69. The lowest BCUT2D eigenvalue weighted by Crippen LogP contribution is -2.47. The van der Waals surface area contributed by atoms with Crippen LogP contribution in [0.3, 0.4) is 0 Å². The summed E-state index contributed by atoms with van der Waals surface area (Å²) in [5.41, 5.74) is 2.92. The monoisotopic (exact) mass is 273 g/mol. The van der Waals surface area contributed by atoms with Gasteiger partial charge < -0.3 is 15.5 Å². The van der Waals surface area contributed by atoms with E-state index in [0.29, 0.717) is 12.1 Å². The zero-order valence-corrected chi connectivity index (χ0v) is 12.3. The van der Waals surface area contributed by atoms with Crippen molar-refractivity contribution in [1.82, 2.24) is 4.90 Å². The minimum atomic E-state index is 0.167. The predicted octanol–water partition coefficient (Wildman–Crippen LogP) is 2.93. The molecule has 1 fully saturated rings. The number of carbonyl (C=O) groups excluding carboxylic acids is 1. The van der Waals surface area contributed by atoms with E-state index in [0.717, 1.165) is 42.9 Å². The van der Waals surface area contributed by atoms with E-state index >= 15 is 0 Å². The van der Waals surface area contributed by atoms with E-state index in [1.165, 1.54) is 6.42 Å². The molecule has 4 nitrogen and oxygen atoms in total. The Morgan fingerprint density at radius 2 is 1.75 bits per heavy atom. The van der Waals surface area contributed by atoms with Gasteiger partial charge in [0.1, 0.15) is 0 Å². The van der Waals surface area contributed by atoms with Crippen molar-refractivity contribution in [3.63, 3.8) is 0 Å². The van der Waals surface area contributed by atoms with Crippen LogP contribution in [-0.4, -0.2) is 36.0 Å². The Kier molecular flexibility index (Phi) is 3.55. The van der Waals surface area contributed by atoms with Crippen molar-refractivity contribution in [2.24, 2.45) is 0 Å². The van der Waals surface area contributed by atoms with E-state index in [1.54, 1.807) is 0 Å². The summed E-state index contributed by atoms with van der Waals surface area (Å²) in [6.45, 7) is 6.15. The SMILES string of the molecule is C[C@@H]1CCC[C@H](C)N1C(=O)c1ccc2c(c1)NCCN2. The van der Waals surface area contributed by atoms with Gasteiger partial charge in [0.2, 0.25) is 0 Å². The van der Waals surface area contributed by atoms with Gasteiger partial charge in [0.25, 0.3) is 5.91 Å². The van der Waals surface area contributed by atoms with Crippen molar-refractivity contribution in [2.75, 3.05) is 23.7 Å². The van der Waals surface area contributed by atoms with Crippen LogP contribution in [0.4, 0.5) is 11.4 Å². The van der Waals surface area contributed by atoms with E-state index in [-0.39, 0.29) is 5.91 Å². The average Bonchev–Trinajstić information content (AvgIpc) is 2.46. The van der Waals surface area contributed by atoms with Gasteiger partial charge in [-0.3, -0.25) is 4.79 Å². The normalized spacial score (nSPS) is 25.4. The molecular weight excluding hydrogens is 250 g/mol.